The predicted octanol–water partition coefficient (Wildman–Crippen LogP) is 1.41. The lowest BCUT2D eigenvalue weighted by Gasteiger charge is -2.13. The number of rotatable bonds is 4. The molecule has 0 aliphatic carbocycles. The highest BCUT2D eigenvalue weighted by Gasteiger charge is 2.23. The van der Waals surface area contributed by atoms with E-state index in [0.29, 0.717) is 0 Å². The molecule has 1 atom stereocenters. The molecule has 2 N–H and O–H groups in total. The number of sulfonamides is 1. The van der Waals surface area contributed by atoms with Crippen LogP contribution in [0, 0.1) is 0 Å². The number of benzene rings is 1. The van der Waals surface area contributed by atoms with E-state index in [4.69, 9.17) is 23.2 Å². The summed E-state index contributed by atoms with van der Waals surface area (Å²) in [7, 11) is -2.48. The van der Waals surface area contributed by atoms with E-state index in [1.165, 1.54) is 32.2 Å². The molecule has 0 saturated carbocycles. The van der Waals surface area contributed by atoms with E-state index in [-0.39, 0.29) is 14.9 Å². The van der Waals surface area contributed by atoms with Crippen molar-refractivity contribution < 1.29 is 13.2 Å². The van der Waals surface area contributed by atoms with Crippen LogP contribution in [-0.2, 0) is 14.8 Å². The van der Waals surface area contributed by atoms with Crippen molar-refractivity contribution in [1.29, 1.82) is 0 Å². The van der Waals surface area contributed by atoms with Crippen LogP contribution in [0.5, 0.6) is 0 Å². The van der Waals surface area contributed by atoms with Gasteiger partial charge in [0.05, 0.1) is 11.1 Å². The molecule has 18 heavy (non-hydrogen) atoms. The highest BCUT2D eigenvalue weighted by Crippen LogP contribution is 2.24. The van der Waals surface area contributed by atoms with E-state index in [9.17, 15) is 13.2 Å². The number of carbonyl (C=O) groups excluding carboxylic acids is 1. The number of hydrogen-bond acceptors (Lipinski definition) is 3. The van der Waals surface area contributed by atoms with Crippen LogP contribution < -0.4 is 10.0 Å². The summed E-state index contributed by atoms with van der Waals surface area (Å²) in [5.41, 5.74) is 0. The zero-order valence-electron chi connectivity index (χ0n) is 9.70. The molecule has 0 unspecified atom stereocenters. The molecule has 1 aromatic carbocycles. The Balaban J connectivity index is 3.07. The molecule has 8 heteroatoms. The third-order valence-corrected chi connectivity index (χ3v) is 4.41. The zero-order chi connectivity index (χ0) is 13.9. The van der Waals surface area contributed by atoms with Gasteiger partial charge in [-0.3, -0.25) is 4.79 Å². The molecule has 0 fully saturated rings. The second kappa shape index (κ2) is 5.88. The van der Waals surface area contributed by atoms with Gasteiger partial charge in [0.25, 0.3) is 0 Å². The molecule has 1 aromatic rings. The van der Waals surface area contributed by atoms with Crippen molar-refractivity contribution in [1.82, 2.24) is 10.0 Å². The van der Waals surface area contributed by atoms with Gasteiger partial charge in [0.15, 0.2) is 0 Å². The van der Waals surface area contributed by atoms with Gasteiger partial charge in [-0.25, -0.2) is 8.42 Å². The van der Waals surface area contributed by atoms with E-state index in [1.807, 2.05) is 0 Å². The lowest BCUT2D eigenvalue weighted by atomic mass is 10.3. The summed E-state index contributed by atoms with van der Waals surface area (Å²) in [5, 5.41) is 2.62. The fourth-order valence-corrected chi connectivity index (χ4v) is 3.21. The third kappa shape index (κ3) is 3.58. The van der Waals surface area contributed by atoms with Crippen molar-refractivity contribution in [3.63, 3.8) is 0 Å². The van der Waals surface area contributed by atoms with Crippen LogP contribution in [0.25, 0.3) is 0 Å². The zero-order valence-corrected chi connectivity index (χ0v) is 12.0. The first-order valence-electron chi connectivity index (χ1n) is 4.97. The number of hydrogen-bond donors (Lipinski definition) is 2. The van der Waals surface area contributed by atoms with E-state index < -0.39 is 22.0 Å². The molecule has 100 valence electrons. The first-order chi connectivity index (χ1) is 8.27. The van der Waals surface area contributed by atoms with Crippen molar-refractivity contribution >= 4 is 39.1 Å². The lowest BCUT2D eigenvalue weighted by Crippen LogP contribution is -2.43. The second-order valence-corrected chi connectivity index (χ2v) is 6.06. The Labute approximate surface area is 116 Å². The number of halogens is 2. The highest BCUT2D eigenvalue weighted by atomic mass is 35.5. The highest BCUT2D eigenvalue weighted by molar-refractivity contribution is 7.89. The molecule has 1 amide bonds. The van der Waals surface area contributed by atoms with Crippen LogP contribution in [0.4, 0.5) is 0 Å². The monoisotopic (exact) mass is 310 g/mol. The Morgan fingerprint density at radius 2 is 1.94 bits per heavy atom. The van der Waals surface area contributed by atoms with Gasteiger partial charge in [-0.2, -0.15) is 4.72 Å². The molecule has 5 nitrogen and oxygen atoms in total. The molecule has 0 aliphatic heterocycles. The molecule has 0 bridgehead atoms. The summed E-state index contributed by atoms with van der Waals surface area (Å²) in [6, 6.07) is 3.17. The fourth-order valence-electron chi connectivity index (χ4n) is 1.25. The van der Waals surface area contributed by atoms with E-state index in [1.54, 1.807) is 0 Å². The molecule has 0 spiro atoms. The number of carbonyl (C=O) groups is 1. The molecule has 0 radical (unpaired) electrons. The maximum absolute atomic E-state index is 12.0. The Hall–Kier alpha value is -0.820. The molecule has 0 aromatic heterocycles. The minimum Gasteiger partial charge on any atom is -0.358 e. The first kappa shape index (κ1) is 15.2. The summed E-state index contributed by atoms with van der Waals surface area (Å²) in [4.78, 5) is 11.1. The smallest absolute Gasteiger partial charge is 0.242 e. The maximum atomic E-state index is 12.0. The van der Waals surface area contributed by atoms with Crippen LogP contribution in [0.15, 0.2) is 23.1 Å². The third-order valence-electron chi connectivity index (χ3n) is 2.15. The Morgan fingerprint density at radius 3 is 2.50 bits per heavy atom. The molecular formula is C10H12Cl2N2O3S. The Morgan fingerprint density at radius 1 is 1.33 bits per heavy atom. The number of likely N-dealkylation sites (N-methyl/N-ethyl adjacent to an activating group) is 1. The summed E-state index contributed by atoms with van der Waals surface area (Å²) < 4.78 is 26.2. The van der Waals surface area contributed by atoms with Crippen molar-refractivity contribution in [2.24, 2.45) is 0 Å². The van der Waals surface area contributed by atoms with Crippen molar-refractivity contribution in [3.05, 3.63) is 28.2 Å². The van der Waals surface area contributed by atoms with Gasteiger partial charge in [0.1, 0.15) is 4.90 Å². The van der Waals surface area contributed by atoms with Crippen LogP contribution in [-0.4, -0.2) is 27.4 Å². The SMILES string of the molecule is CNC(=O)[C@@H](C)NS(=O)(=O)c1cc(Cl)ccc1Cl. The van der Waals surface area contributed by atoms with E-state index in [2.05, 4.69) is 10.0 Å². The van der Waals surface area contributed by atoms with Gasteiger partial charge in [-0.15, -0.1) is 0 Å². The fraction of sp³-hybridized carbons (Fsp3) is 0.300. The Kier molecular flexibility index (Phi) is 4.98. The quantitative estimate of drug-likeness (QED) is 0.883. The average Bonchev–Trinajstić information content (AvgIpc) is 2.30. The first-order valence-corrected chi connectivity index (χ1v) is 7.21. The molecule has 0 heterocycles. The van der Waals surface area contributed by atoms with Crippen LogP contribution in [0.2, 0.25) is 10.0 Å². The number of amides is 1. The normalized spacial score (nSPS) is 13.1. The summed E-state index contributed by atoms with van der Waals surface area (Å²) in [6.07, 6.45) is 0. The topological polar surface area (TPSA) is 75.3 Å². The lowest BCUT2D eigenvalue weighted by molar-refractivity contribution is -0.121. The average molecular weight is 311 g/mol. The van der Waals surface area contributed by atoms with E-state index in [0.717, 1.165) is 0 Å². The molecule has 0 saturated heterocycles. The van der Waals surface area contributed by atoms with Gasteiger partial charge >= 0.3 is 0 Å². The molecule has 1 rings (SSSR count). The van der Waals surface area contributed by atoms with Crippen LogP contribution in [0.3, 0.4) is 0 Å². The van der Waals surface area contributed by atoms with Gasteiger partial charge in [-0.1, -0.05) is 23.2 Å². The minimum atomic E-state index is -3.90. The summed E-state index contributed by atoms with van der Waals surface area (Å²) in [6.45, 7) is 1.43. The van der Waals surface area contributed by atoms with Crippen molar-refractivity contribution in [2.75, 3.05) is 7.05 Å². The standard InChI is InChI=1S/C10H12Cl2N2O3S/c1-6(10(15)13-2)14-18(16,17)9-5-7(11)3-4-8(9)12/h3-6,14H,1-2H3,(H,13,15)/t6-/m1/s1. The van der Waals surface area contributed by atoms with Gasteiger partial charge in [-0.05, 0) is 25.1 Å². The predicted molar refractivity (Wildman–Crippen MR) is 70.3 cm³/mol. The molecule has 0 aliphatic rings. The molecular weight excluding hydrogens is 299 g/mol. The van der Waals surface area contributed by atoms with Gasteiger partial charge in [0, 0.05) is 12.1 Å². The second-order valence-electron chi connectivity index (χ2n) is 3.53. The van der Waals surface area contributed by atoms with Gasteiger partial charge in [0.2, 0.25) is 15.9 Å². The van der Waals surface area contributed by atoms with E-state index >= 15 is 0 Å². The summed E-state index contributed by atoms with van der Waals surface area (Å²) >= 11 is 11.5. The summed E-state index contributed by atoms with van der Waals surface area (Å²) in [5.74, 6) is -0.447. The van der Waals surface area contributed by atoms with Crippen LogP contribution >= 0.6 is 23.2 Å². The van der Waals surface area contributed by atoms with Gasteiger partial charge < -0.3 is 5.32 Å². The van der Waals surface area contributed by atoms with Crippen molar-refractivity contribution in [2.45, 2.75) is 17.9 Å². The maximum Gasteiger partial charge on any atom is 0.242 e. The minimum absolute atomic E-state index is 0.0380. The van der Waals surface area contributed by atoms with Crippen molar-refractivity contribution in [3.8, 4) is 0 Å². The number of nitrogens with one attached hydrogen (secondary N) is 2. The van der Waals surface area contributed by atoms with Crippen LogP contribution in [0.1, 0.15) is 6.92 Å². The Bertz CT molecular complexity index is 560. The largest absolute Gasteiger partial charge is 0.358 e.